The Labute approximate surface area is 162 Å². The minimum atomic E-state index is 0. The molecule has 26 heavy (non-hydrogen) atoms. The average molecular weight is 380 g/mol. The smallest absolute Gasteiger partial charge is 0.254 e. The Balaban J connectivity index is 0.00000243. The molecule has 5 nitrogen and oxygen atoms in total. The molecule has 1 aliphatic carbocycles. The highest BCUT2D eigenvalue weighted by Gasteiger charge is 2.26. The topological polar surface area (TPSA) is 75.4 Å². The average Bonchev–Trinajstić information content (AvgIpc) is 3.00. The number of hydrogen-bond donors (Lipinski definition) is 2. The fraction of sp³-hybridized carbons (Fsp3) is 0.600. The van der Waals surface area contributed by atoms with Crippen LogP contribution >= 0.6 is 12.4 Å². The van der Waals surface area contributed by atoms with Crippen LogP contribution in [0.4, 0.5) is 5.69 Å². The van der Waals surface area contributed by atoms with Gasteiger partial charge >= 0.3 is 0 Å². The van der Waals surface area contributed by atoms with Crippen LogP contribution in [0, 0.1) is 5.92 Å². The predicted octanol–water partition coefficient (Wildman–Crippen LogP) is 3.58. The van der Waals surface area contributed by atoms with E-state index in [2.05, 4.69) is 12.2 Å². The van der Waals surface area contributed by atoms with Gasteiger partial charge in [-0.2, -0.15) is 0 Å². The maximum Gasteiger partial charge on any atom is 0.254 e. The van der Waals surface area contributed by atoms with Crippen molar-refractivity contribution in [3.05, 3.63) is 29.8 Å². The number of nitrogens with two attached hydrogens (primary N) is 1. The van der Waals surface area contributed by atoms with Gasteiger partial charge in [-0.25, -0.2) is 0 Å². The molecule has 144 valence electrons. The molecule has 1 aromatic carbocycles. The molecule has 3 atom stereocenters. The highest BCUT2D eigenvalue weighted by molar-refractivity contribution is 5.96. The molecule has 1 saturated carbocycles. The van der Waals surface area contributed by atoms with Crippen molar-refractivity contribution in [2.24, 2.45) is 11.7 Å². The van der Waals surface area contributed by atoms with Gasteiger partial charge in [-0.1, -0.05) is 6.42 Å². The molecule has 1 unspecified atom stereocenters. The summed E-state index contributed by atoms with van der Waals surface area (Å²) in [6, 6.07) is 7.69. The van der Waals surface area contributed by atoms with Crippen LogP contribution in [0.2, 0.25) is 0 Å². The monoisotopic (exact) mass is 379 g/mol. The van der Waals surface area contributed by atoms with Gasteiger partial charge in [0.15, 0.2) is 0 Å². The van der Waals surface area contributed by atoms with E-state index in [0.717, 1.165) is 44.3 Å². The Hall–Kier alpha value is -1.59. The summed E-state index contributed by atoms with van der Waals surface area (Å²) in [4.78, 5) is 26.8. The van der Waals surface area contributed by atoms with Crippen LogP contribution in [0.15, 0.2) is 24.3 Å². The predicted molar refractivity (Wildman–Crippen MR) is 107 cm³/mol. The zero-order valence-electron chi connectivity index (χ0n) is 15.4. The first-order valence-corrected chi connectivity index (χ1v) is 9.51. The zero-order chi connectivity index (χ0) is 17.8. The quantitative estimate of drug-likeness (QED) is 0.839. The fourth-order valence-electron chi connectivity index (χ4n) is 4.03. The van der Waals surface area contributed by atoms with E-state index in [1.807, 2.05) is 17.0 Å². The minimum Gasteiger partial charge on any atom is -0.336 e. The molecular weight excluding hydrogens is 350 g/mol. The second-order valence-corrected chi connectivity index (χ2v) is 7.53. The van der Waals surface area contributed by atoms with Gasteiger partial charge in [0, 0.05) is 36.3 Å². The third-order valence-corrected chi connectivity index (χ3v) is 5.64. The molecule has 1 saturated heterocycles. The molecule has 3 N–H and O–H groups in total. The van der Waals surface area contributed by atoms with Crippen molar-refractivity contribution < 1.29 is 9.59 Å². The fourth-order valence-corrected chi connectivity index (χ4v) is 4.03. The number of piperidine rings is 1. The minimum absolute atomic E-state index is 0. The van der Waals surface area contributed by atoms with Crippen LogP contribution in [0.25, 0.3) is 0 Å². The van der Waals surface area contributed by atoms with E-state index >= 15 is 0 Å². The lowest BCUT2D eigenvalue weighted by Crippen LogP contribution is -2.42. The van der Waals surface area contributed by atoms with E-state index in [-0.39, 0.29) is 30.3 Å². The normalized spacial score (nSPS) is 25.5. The molecule has 2 fully saturated rings. The van der Waals surface area contributed by atoms with Gasteiger partial charge in [-0.05, 0) is 69.2 Å². The Bertz CT molecular complexity index is 620. The molecule has 2 aliphatic rings. The number of halogens is 1. The highest BCUT2D eigenvalue weighted by atomic mass is 35.5. The van der Waals surface area contributed by atoms with Gasteiger partial charge in [-0.15, -0.1) is 12.4 Å². The Morgan fingerprint density at radius 3 is 2.46 bits per heavy atom. The first-order valence-electron chi connectivity index (χ1n) is 9.51. The lowest BCUT2D eigenvalue weighted by molar-refractivity contribution is -0.117. The molecule has 0 aromatic heterocycles. The molecule has 6 heteroatoms. The second-order valence-electron chi connectivity index (χ2n) is 7.53. The van der Waals surface area contributed by atoms with Gasteiger partial charge < -0.3 is 16.0 Å². The number of likely N-dealkylation sites (tertiary alicyclic amines) is 1. The summed E-state index contributed by atoms with van der Waals surface area (Å²) in [5, 5.41) is 2.92. The number of carbonyl (C=O) groups excluding carboxylic acids is 2. The van der Waals surface area contributed by atoms with E-state index in [1.165, 1.54) is 6.42 Å². The Morgan fingerprint density at radius 2 is 1.85 bits per heavy atom. The summed E-state index contributed by atoms with van der Waals surface area (Å²) >= 11 is 0. The standard InChI is InChI=1S/C20H29N3O2.ClH/c1-14-5-2-3-12-23(14)20(25)15-8-10-17(11-9-15)22-19(24)13-16-6-4-7-18(16)21;/h8-11,14,16,18H,2-7,12-13,21H2,1H3,(H,22,24);1H/t14?,16-,18+;/m0./s1. The Morgan fingerprint density at radius 1 is 1.12 bits per heavy atom. The maximum absolute atomic E-state index is 12.6. The third-order valence-electron chi connectivity index (χ3n) is 5.64. The molecular formula is C20H30ClN3O2. The first-order chi connectivity index (χ1) is 12.0. The number of amides is 2. The first kappa shape index (κ1) is 20.7. The van der Waals surface area contributed by atoms with Crippen LogP contribution in [0.1, 0.15) is 62.2 Å². The molecule has 0 bridgehead atoms. The van der Waals surface area contributed by atoms with Gasteiger partial charge in [0.2, 0.25) is 5.91 Å². The number of carbonyl (C=O) groups is 2. The van der Waals surface area contributed by atoms with Crippen molar-refractivity contribution in [2.45, 2.75) is 64.0 Å². The van der Waals surface area contributed by atoms with Crippen molar-refractivity contribution in [3.63, 3.8) is 0 Å². The van der Waals surface area contributed by atoms with Crippen LogP contribution in [-0.4, -0.2) is 35.3 Å². The van der Waals surface area contributed by atoms with Gasteiger partial charge in [-0.3, -0.25) is 9.59 Å². The van der Waals surface area contributed by atoms with Crippen LogP contribution in [0.5, 0.6) is 0 Å². The van der Waals surface area contributed by atoms with Crippen LogP contribution < -0.4 is 11.1 Å². The van der Waals surface area contributed by atoms with Crippen molar-refractivity contribution in [1.29, 1.82) is 0 Å². The molecule has 1 heterocycles. The SMILES string of the molecule is CC1CCCCN1C(=O)c1ccc(NC(=O)C[C@@H]2CCC[C@H]2N)cc1.Cl. The van der Waals surface area contributed by atoms with Crippen molar-refractivity contribution in [2.75, 3.05) is 11.9 Å². The molecule has 2 amide bonds. The third kappa shape index (κ3) is 4.98. The van der Waals surface area contributed by atoms with Crippen LogP contribution in [0.3, 0.4) is 0 Å². The highest BCUT2D eigenvalue weighted by Crippen LogP contribution is 2.27. The molecule has 1 aliphatic heterocycles. The number of nitrogens with zero attached hydrogens (tertiary/aromatic N) is 1. The number of anilines is 1. The molecule has 0 radical (unpaired) electrons. The molecule has 1 aromatic rings. The summed E-state index contributed by atoms with van der Waals surface area (Å²) in [6.45, 7) is 2.94. The van der Waals surface area contributed by atoms with Crippen molar-refractivity contribution >= 4 is 29.9 Å². The number of nitrogens with one attached hydrogen (secondary N) is 1. The molecule has 0 spiro atoms. The summed E-state index contributed by atoms with van der Waals surface area (Å²) in [5.41, 5.74) is 7.45. The summed E-state index contributed by atoms with van der Waals surface area (Å²) in [6.07, 6.45) is 7.00. The van der Waals surface area contributed by atoms with Crippen molar-refractivity contribution in [1.82, 2.24) is 4.90 Å². The van der Waals surface area contributed by atoms with Gasteiger partial charge in [0.25, 0.3) is 5.91 Å². The van der Waals surface area contributed by atoms with E-state index in [0.29, 0.717) is 23.9 Å². The lowest BCUT2D eigenvalue weighted by atomic mass is 10.00. The van der Waals surface area contributed by atoms with Crippen molar-refractivity contribution in [3.8, 4) is 0 Å². The summed E-state index contributed by atoms with van der Waals surface area (Å²) < 4.78 is 0. The van der Waals surface area contributed by atoms with Gasteiger partial charge in [0.05, 0.1) is 0 Å². The Kier molecular flexibility index (Phi) is 7.47. The summed E-state index contributed by atoms with van der Waals surface area (Å²) in [7, 11) is 0. The summed E-state index contributed by atoms with van der Waals surface area (Å²) in [5.74, 6) is 0.384. The van der Waals surface area contributed by atoms with Crippen LogP contribution in [-0.2, 0) is 4.79 Å². The van der Waals surface area contributed by atoms with E-state index in [1.54, 1.807) is 12.1 Å². The maximum atomic E-state index is 12.6. The van der Waals surface area contributed by atoms with E-state index in [9.17, 15) is 9.59 Å². The number of rotatable bonds is 4. The number of benzene rings is 1. The second kappa shape index (κ2) is 9.38. The largest absolute Gasteiger partial charge is 0.336 e. The lowest BCUT2D eigenvalue weighted by Gasteiger charge is -2.33. The van der Waals surface area contributed by atoms with E-state index < -0.39 is 0 Å². The number of hydrogen-bond acceptors (Lipinski definition) is 3. The zero-order valence-corrected chi connectivity index (χ0v) is 16.3. The molecule has 3 rings (SSSR count). The van der Waals surface area contributed by atoms with E-state index in [4.69, 9.17) is 5.73 Å². The van der Waals surface area contributed by atoms with Gasteiger partial charge in [0.1, 0.15) is 0 Å².